The third kappa shape index (κ3) is 8.61. The molecule has 3 aromatic rings. The van der Waals surface area contributed by atoms with Crippen LogP contribution in [0, 0.1) is 30.1 Å². The number of fused-ring (bicyclic) bond motifs is 1. The summed E-state index contributed by atoms with van der Waals surface area (Å²) in [5.41, 5.74) is 5.04. The van der Waals surface area contributed by atoms with Gasteiger partial charge in [0.25, 0.3) is 0 Å². The molecule has 0 amide bonds. The number of hydrogen-bond donors (Lipinski definition) is 1. The van der Waals surface area contributed by atoms with Crippen LogP contribution in [-0.4, -0.2) is 43.8 Å². The van der Waals surface area contributed by atoms with Gasteiger partial charge in [-0.2, -0.15) is 5.26 Å². The average molecular weight is 548 g/mol. The Balaban J connectivity index is 0.000000919. The quantitative estimate of drug-likeness (QED) is 0.356. The van der Waals surface area contributed by atoms with Crippen molar-refractivity contribution in [3.8, 4) is 11.8 Å². The van der Waals surface area contributed by atoms with E-state index in [-0.39, 0.29) is 24.8 Å². The Kier molecular flexibility index (Phi) is 12.7. The highest BCUT2D eigenvalue weighted by Crippen LogP contribution is 2.34. The molecule has 5 rings (SSSR count). The van der Waals surface area contributed by atoms with Crippen molar-refractivity contribution in [2.45, 2.75) is 52.0 Å². The number of halogens is 2. The maximum absolute atomic E-state index is 8.95. The molecule has 0 bridgehead atoms. The van der Waals surface area contributed by atoms with Crippen LogP contribution in [0.1, 0.15) is 54.5 Å². The van der Waals surface area contributed by atoms with Gasteiger partial charge < -0.3 is 14.6 Å². The average Bonchev–Trinajstić information content (AvgIpc) is 3.62. The molecule has 1 saturated heterocycles. The Morgan fingerprint density at radius 2 is 1.70 bits per heavy atom. The summed E-state index contributed by atoms with van der Waals surface area (Å²) >= 11 is 0. The third-order valence-electron chi connectivity index (χ3n) is 7.07. The van der Waals surface area contributed by atoms with Gasteiger partial charge in [-0.1, -0.05) is 17.3 Å². The lowest BCUT2D eigenvalue weighted by Crippen LogP contribution is -2.33. The number of aromatic nitrogens is 1. The fraction of sp³-hybridized carbons (Fsp3) is 0.517. The third-order valence-corrected chi connectivity index (χ3v) is 7.07. The second-order valence-corrected chi connectivity index (χ2v) is 10.0. The van der Waals surface area contributed by atoms with Crippen molar-refractivity contribution < 1.29 is 9.26 Å². The highest BCUT2D eigenvalue weighted by Gasteiger charge is 2.23. The zero-order valence-electron chi connectivity index (χ0n) is 22.2. The molecule has 2 aliphatic rings. The molecule has 0 unspecified atom stereocenters. The van der Waals surface area contributed by atoms with E-state index in [0.717, 1.165) is 84.5 Å². The number of hydrogen-bond acceptors (Lipinski definition) is 6. The molecule has 6 nitrogen and oxygen atoms in total. The number of piperidine rings is 1. The van der Waals surface area contributed by atoms with Crippen LogP contribution in [0.5, 0.6) is 5.75 Å². The van der Waals surface area contributed by atoms with Gasteiger partial charge in [0.05, 0.1) is 23.9 Å². The van der Waals surface area contributed by atoms with Gasteiger partial charge >= 0.3 is 0 Å². The number of ether oxygens (including phenoxy) is 1. The van der Waals surface area contributed by atoms with Crippen LogP contribution >= 0.6 is 24.8 Å². The fourth-order valence-electron chi connectivity index (χ4n) is 4.71. The Bertz CT molecular complexity index is 1130. The molecule has 37 heavy (non-hydrogen) atoms. The SMILES string of the molecule is CNC.Cc1c(OCC2CC2)ccc2c(CCC3CCN(Cc4ccc(C#N)cc4)CC3)noc12.Cl.Cl. The summed E-state index contributed by atoms with van der Waals surface area (Å²) in [6, 6.07) is 14.4. The predicted octanol–water partition coefficient (Wildman–Crippen LogP) is 6.32. The van der Waals surface area contributed by atoms with E-state index in [4.69, 9.17) is 14.5 Å². The molecule has 2 fully saturated rings. The van der Waals surface area contributed by atoms with E-state index >= 15 is 0 Å². The number of aryl methyl sites for hydroxylation is 2. The zero-order valence-corrected chi connectivity index (χ0v) is 23.8. The van der Waals surface area contributed by atoms with Gasteiger partial charge in [0, 0.05) is 17.5 Å². The summed E-state index contributed by atoms with van der Waals surface area (Å²) in [5, 5.41) is 17.2. The van der Waals surface area contributed by atoms with Crippen molar-refractivity contribution in [1.29, 1.82) is 5.26 Å². The maximum Gasteiger partial charge on any atom is 0.173 e. The van der Waals surface area contributed by atoms with Gasteiger partial charge in [0.1, 0.15) is 5.75 Å². The number of nitrogens with zero attached hydrogens (tertiary/aromatic N) is 3. The van der Waals surface area contributed by atoms with Gasteiger partial charge in [-0.05, 0) is 114 Å². The van der Waals surface area contributed by atoms with Crippen molar-refractivity contribution in [1.82, 2.24) is 15.4 Å². The Morgan fingerprint density at radius 3 is 2.32 bits per heavy atom. The number of benzene rings is 2. The first-order valence-electron chi connectivity index (χ1n) is 12.9. The summed E-state index contributed by atoms with van der Waals surface area (Å²) in [5.74, 6) is 2.41. The lowest BCUT2D eigenvalue weighted by molar-refractivity contribution is 0.172. The van der Waals surface area contributed by atoms with Crippen molar-refractivity contribution >= 4 is 35.8 Å². The molecule has 1 aromatic heterocycles. The fourth-order valence-corrected chi connectivity index (χ4v) is 4.71. The minimum Gasteiger partial charge on any atom is -0.493 e. The van der Waals surface area contributed by atoms with Crippen molar-refractivity contribution in [3.05, 3.63) is 58.8 Å². The topological polar surface area (TPSA) is 74.3 Å². The van der Waals surface area contributed by atoms with Crippen molar-refractivity contribution in [3.63, 3.8) is 0 Å². The lowest BCUT2D eigenvalue weighted by atomic mass is 9.91. The van der Waals surface area contributed by atoms with Crippen molar-refractivity contribution in [2.75, 3.05) is 33.8 Å². The van der Waals surface area contributed by atoms with Gasteiger partial charge in [-0.25, -0.2) is 0 Å². The molecular formula is C29H40Cl2N4O2. The van der Waals surface area contributed by atoms with Gasteiger partial charge in [-0.3, -0.25) is 4.90 Å². The van der Waals surface area contributed by atoms with E-state index in [2.05, 4.69) is 52.6 Å². The molecule has 2 heterocycles. The van der Waals surface area contributed by atoms with E-state index in [1.807, 2.05) is 26.2 Å². The molecule has 1 saturated carbocycles. The molecule has 0 radical (unpaired) electrons. The maximum atomic E-state index is 8.95. The van der Waals surface area contributed by atoms with Gasteiger partial charge in [-0.15, -0.1) is 24.8 Å². The number of rotatable bonds is 8. The van der Waals surface area contributed by atoms with Crippen LogP contribution in [-0.2, 0) is 13.0 Å². The molecule has 0 spiro atoms. The van der Waals surface area contributed by atoms with Crippen LogP contribution in [0.3, 0.4) is 0 Å². The van der Waals surface area contributed by atoms with E-state index in [1.165, 1.54) is 31.2 Å². The van der Waals surface area contributed by atoms with Gasteiger partial charge in [0.15, 0.2) is 5.58 Å². The standard InChI is InChI=1S/C27H31N3O2.C2H7N.2ClH/c1-19-26(31-18-23-6-7-23)11-9-24-25(29-32-27(19)24)10-8-20-12-14-30(15-13-20)17-22-4-2-21(16-28)3-5-22;1-3-2;;/h2-5,9,11,20,23H,6-8,10,12-15,17-18H2,1H3;3H,1-2H3;2*1H. The minimum absolute atomic E-state index is 0. The smallest absolute Gasteiger partial charge is 0.173 e. The zero-order chi connectivity index (χ0) is 24.6. The monoisotopic (exact) mass is 546 g/mol. The minimum atomic E-state index is 0. The Labute approximate surface area is 233 Å². The molecular weight excluding hydrogens is 507 g/mol. The second kappa shape index (κ2) is 15.2. The van der Waals surface area contributed by atoms with Crippen LogP contribution in [0.25, 0.3) is 11.0 Å². The number of nitriles is 1. The first-order valence-corrected chi connectivity index (χ1v) is 12.9. The predicted molar refractivity (Wildman–Crippen MR) is 154 cm³/mol. The van der Waals surface area contributed by atoms with Crippen LogP contribution in [0.15, 0.2) is 40.9 Å². The molecule has 0 atom stereocenters. The summed E-state index contributed by atoms with van der Waals surface area (Å²) in [6.07, 6.45) is 7.17. The van der Waals surface area contributed by atoms with E-state index in [1.54, 1.807) is 0 Å². The summed E-state index contributed by atoms with van der Waals surface area (Å²) in [6.45, 7) is 6.12. The van der Waals surface area contributed by atoms with E-state index < -0.39 is 0 Å². The van der Waals surface area contributed by atoms with E-state index in [9.17, 15) is 0 Å². The number of likely N-dealkylation sites (tertiary alicyclic amines) is 1. The summed E-state index contributed by atoms with van der Waals surface area (Å²) in [4.78, 5) is 2.52. The number of nitrogens with one attached hydrogen (secondary N) is 1. The van der Waals surface area contributed by atoms with Crippen molar-refractivity contribution in [2.24, 2.45) is 11.8 Å². The Morgan fingerprint density at radius 1 is 1.03 bits per heavy atom. The van der Waals surface area contributed by atoms with E-state index in [0.29, 0.717) is 0 Å². The molecule has 1 aliphatic heterocycles. The molecule has 1 N–H and O–H groups in total. The van der Waals surface area contributed by atoms with Gasteiger partial charge in [0.2, 0.25) is 0 Å². The largest absolute Gasteiger partial charge is 0.493 e. The summed E-state index contributed by atoms with van der Waals surface area (Å²) < 4.78 is 11.7. The first-order chi connectivity index (χ1) is 17.1. The molecule has 202 valence electrons. The molecule has 1 aliphatic carbocycles. The lowest BCUT2D eigenvalue weighted by Gasteiger charge is -2.32. The first kappa shape index (κ1) is 30.9. The highest BCUT2D eigenvalue weighted by atomic mass is 35.5. The van der Waals surface area contributed by atoms with Crippen LogP contribution < -0.4 is 10.1 Å². The molecule has 8 heteroatoms. The summed E-state index contributed by atoms with van der Waals surface area (Å²) in [7, 11) is 3.75. The normalized spacial score (nSPS) is 15.6. The van der Waals surface area contributed by atoms with Crippen LogP contribution in [0.2, 0.25) is 0 Å². The molecule has 2 aromatic carbocycles. The Hall–Kier alpha value is -2.30. The highest BCUT2D eigenvalue weighted by molar-refractivity contribution is 5.86. The second-order valence-electron chi connectivity index (χ2n) is 10.0. The van der Waals surface area contributed by atoms with Crippen LogP contribution in [0.4, 0.5) is 0 Å².